The summed E-state index contributed by atoms with van der Waals surface area (Å²) < 4.78 is 9.45. The zero-order valence-corrected chi connectivity index (χ0v) is 24.1. The molecule has 0 bridgehead atoms. The van der Waals surface area contributed by atoms with Gasteiger partial charge in [-0.05, 0) is 43.4 Å². The molecule has 1 saturated heterocycles. The maximum absolute atomic E-state index is 12.7. The highest BCUT2D eigenvalue weighted by Crippen LogP contribution is 2.34. The summed E-state index contributed by atoms with van der Waals surface area (Å²) in [5.74, 6) is 0.250. The molecule has 9 heteroatoms. The van der Waals surface area contributed by atoms with Gasteiger partial charge in [0.1, 0.15) is 12.4 Å². The van der Waals surface area contributed by atoms with Crippen molar-refractivity contribution in [1.29, 1.82) is 0 Å². The first kappa shape index (κ1) is 29.0. The summed E-state index contributed by atoms with van der Waals surface area (Å²) in [7, 11) is 2.07. The van der Waals surface area contributed by atoms with Crippen molar-refractivity contribution in [2.24, 2.45) is 0 Å². The molecule has 0 aromatic heterocycles. The minimum atomic E-state index is -2.02. The van der Waals surface area contributed by atoms with Gasteiger partial charge in [-0.15, -0.1) is 0 Å². The third-order valence-corrected chi connectivity index (χ3v) is 7.58. The first-order chi connectivity index (χ1) is 18.2. The largest absolute Gasteiger partial charge is 0.492 e. The molecule has 1 N–H and O–H groups in total. The molecule has 6 nitrogen and oxygen atoms in total. The third-order valence-electron chi connectivity index (χ3n) is 7.06. The standard InChI is InChI=1S/C29H36Cl3N3O3/c1-34(25-10-5-11-26(19-25)38-18-15-35-13-16-37-17-14-35)22-24-9-6-12-28(21-24,33-27(36)29(30,31)32)20-23-7-3-2-4-8-23/h2-5,7-8,10-11,19,21H,6,9,12-18,20,22H2,1H3,(H,33,36). The Morgan fingerprint density at radius 3 is 2.63 bits per heavy atom. The molecule has 1 unspecified atom stereocenters. The van der Waals surface area contributed by atoms with E-state index in [-0.39, 0.29) is 0 Å². The summed E-state index contributed by atoms with van der Waals surface area (Å²) in [4.78, 5) is 17.3. The van der Waals surface area contributed by atoms with Gasteiger partial charge in [0.05, 0.1) is 18.8 Å². The molecule has 0 saturated carbocycles. The van der Waals surface area contributed by atoms with Gasteiger partial charge < -0.3 is 19.7 Å². The minimum Gasteiger partial charge on any atom is -0.492 e. The molecule has 206 valence electrons. The summed E-state index contributed by atoms with van der Waals surface area (Å²) in [5, 5.41) is 3.06. The number of benzene rings is 2. The van der Waals surface area contributed by atoms with Crippen LogP contribution in [0.5, 0.6) is 5.75 Å². The van der Waals surface area contributed by atoms with Crippen molar-refractivity contribution in [3.8, 4) is 5.75 Å². The Hall–Kier alpha value is -1.96. The first-order valence-electron chi connectivity index (χ1n) is 13.1. The number of ether oxygens (including phenoxy) is 2. The molecular weight excluding hydrogens is 545 g/mol. The molecule has 1 atom stereocenters. The van der Waals surface area contributed by atoms with E-state index >= 15 is 0 Å². The van der Waals surface area contributed by atoms with Gasteiger partial charge in [0, 0.05) is 45.0 Å². The molecule has 1 aliphatic heterocycles. The van der Waals surface area contributed by atoms with Gasteiger partial charge in [0.15, 0.2) is 0 Å². The Morgan fingerprint density at radius 1 is 1.13 bits per heavy atom. The molecule has 1 heterocycles. The summed E-state index contributed by atoms with van der Waals surface area (Å²) in [5.41, 5.74) is 2.79. The minimum absolute atomic E-state index is 0.605. The maximum Gasteiger partial charge on any atom is 0.272 e. The number of nitrogens with zero attached hydrogens (tertiary/aromatic N) is 2. The Kier molecular flexibility index (Phi) is 10.2. The van der Waals surface area contributed by atoms with Crippen LogP contribution >= 0.6 is 34.8 Å². The lowest BCUT2D eigenvalue weighted by Gasteiger charge is -2.38. The fourth-order valence-electron chi connectivity index (χ4n) is 5.15. The number of hydrogen-bond donors (Lipinski definition) is 1. The molecule has 4 rings (SSSR count). The highest BCUT2D eigenvalue weighted by atomic mass is 35.6. The Balaban J connectivity index is 1.44. The number of carbonyl (C=O) groups excluding carboxylic acids is 1. The number of hydrogen-bond acceptors (Lipinski definition) is 5. The van der Waals surface area contributed by atoms with E-state index in [4.69, 9.17) is 44.3 Å². The average molecular weight is 581 g/mol. The predicted molar refractivity (Wildman–Crippen MR) is 156 cm³/mol. The van der Waals surface area contributed by atoms with Crippen LogP contribution in [0.2, 0.25) is 0 Å². The van der Waals surface area contributed by atoms with Crippen LogP contribution in [0, 0.1) is 0 Å². The van der Waals surface area contributed by atoms with Crippen molar-refractivity contribution in [3.05, 3.63) is 71.8 Å². The van der Waals surface area contributed by atoms with Gasteiger partial charge in [-0.25, -0.2) is 0 Å². The normalized spacial score (nSPS) is 20.5. The van der Waals surface area contributed by atoms with Crippen LogP contribution in [-0.2, 0) is 16.0 Å². The highest BCUT2D eigenvalue weighted by molar-refractivity contribution is 6.76. The van der Waals surface area contributed by atoms with Gasteiger partial charge in [-0.2, -0.15) is 0 Å². The van der Waals surface area contributed by atoms with Crippen LogP contribution < -0.4 is 15.0 Å². The molecule has 38 heavy (non-hydrogen) atoms. The van der Waals surface area contributed by atoms with Crippen LogP contribution in [0.3, 0.4) is 0 Å². The summed E-state index contributed by atoms with van der Waals surface area (Å²) >= 11 is 17.8. The summed E-state index contributed by atoms with van der Waals surface area (Å²) in [6.45, 7) is 5.73. The van der Waals surface area contributed by atoms with E-state index in [1.54, 1.807) is 0 Å². The van der Waals surface area contributed by atoms with Gasteiger partial charge >= 0.3 is 0 Å². The van der Waals surface area contributed by atoms with E-state index in [1.807, 2.05) is 30.3 Å². The van der Waals surface area contributed by atoms with E-state index in [0.717, 1.165) is 75.7 Å². The SMILES string of the molecule is CN(CC1=CC(Cc2ccccc2)(NC(=O)C(Cl)(Cl)Cl)CCC1)c1cccc(OCCN2CCOCC2)c1. The van der Waals surface area contributed by atoms with Gasteiger partial charge in [-0.1, -0.05) is 82.9 Å². The van der Waals surface area contributed by atoms with Crippen LogP contribution in [-0.4, -0.2) is 73.2 Å². The van der Waals surface area contributed by atoms with Crippen LogP contribution in [0.4, 0.5) is 5.69 Å². The van der Waals surface area contributed by atoms with E-state index in [1.165, 1.54) is 5.57 Å². The number of nitrogens with one attached hydrogen (secondary N) is 1. The topological polar surface area (TPSA) is 54.0 Å². The quantitative estimate of drug-likeness (QED) is 0.301. The fourth-order valence-corrected chi connectivity index (χ4v) is 5.30. The number of rotatable bonds is 10. The number of halogens is 3. The predicted octanol–water partition coefficient (Wildman–Crippen LogP) is 5.41. The Bertz CT molecular complexity index is 1090. The lowest BCUT2D eigenvalue weighted by atomic mass is 9.79. The fraction of sp³-hybridized carbons (Fsp3) is 0.483. The Morgan fingerprint density at radius 2 is 1.89 bits per heavy atom. The van der Waals surface area contributed by atoms with Gasteiger partial charge in [-0.3, -0.25) is 9.69 Å². The molecule has 2 aliphatic rings. The zero-order valence-electron chi connectivity index (χ0n) is 21.8. The second-order valence-electron chi connectivity index (χ2n) is 10.1. The zero-order chi connectivity index (χ0) is 27.0. The van der Waals surface area contributed by atoms with E-state index in [2.05, 4.69) is 52.5 Å². The van der Waals surface area contributed by atoms with Crippen molar-refractivity contribution in [2.75, 3.05) is 57.9 Å². The molecule has 1 aliphatic carbocycles. The average Bonchev–Trinajstić information content (AvgIpc) is 2.89. The second-order valence-corrected chi connectivity index (χ2v) is 12.4. The van der Waals surface area contributed by atoms with Crippen LogP contribution in [0.25, 0.3) is 0 Å². The molecule has 0 radical (unpaired) electrons. The van der Waals surface area contributed by atoms with E-state index < -0.39 is 15.2 Å². The Labute approximate surface area is 240 Å². The molecule has 0 spiro atoms. The smallest absolute Gasteiger partial charge is 0.272 e. The van der Waals surface area contributed by atoms with Gasteiger partial charge in [0.25, 0.3) is 9.70 Å². The second kappa shape index (κ2) is 13.4. The number of morpholine rings is 1. The molecule has 1 fully saturated rings. The summed E-state index contributed by atoms with van der Waals surface area (Å²) in [6.07, 6.45) is 5.45. The van der Waals surface area contributed by atoms with E-state index in [0.29, 0.717) is 13.0 Å². The molecule has 1 amide bonds. The van der Waals surface area contributed by atoms with Crippen LogP contribution in [0.1, 0.15) is 24.8 Å². The summed E-state index contributed by atoms with van der Waals surface area (Å²) in [6, 6.07) is 18.3. The molecule has 2 aromatic rings. The highest BCUT2D eigenvalue weighted by Gasteiger charge is 2.39. The number of amides is 1. The van der Waals surface area contributed by atoms with Gasteiger partial charge in [0.2, 0.25) is 0 Å². The van der Waals surface area contributed by atoms with Crippen molar-refractivity contribution < 1.29 is 14.3 Å². The number of alkyl halides is 3. The molecular formula is C29H36Cl3N3O3. The lowest BCUT2D eigenvalue weighted by molar-refractivity contribution is -0.121. The van der Waals surface area contributed by atoms with Crippen molar-refractivity contribution in [2.45, 2.75) is 35.0 Å². The molecule has 2 aromatic carbocycles. The lowest BCUT2D eigenvalue weighted by Crippen LogP contribution is -2.53. The monoisotopic (exact) mass is 579 g/mol. The number of carbonyl (C=O) groups is 1. The third kappa shape index (κ3) is 8.52. The maximum atomic E-state index is 12.7. The first-order valence-corrected chi connectivity index (χ1v) is 14.2. The van der Waals surface area contributed by atoms with Crippen molar-refractivity contribution in [1.82, 2.24) is 10.2 Å². The van der Waals surface area contributed by atoms with Crippen molar-refractivity contribution in [3.63, 3.8) is 0 Å². The van der Waals surface area contributed by atoms with Crippen LogP contribution in [0.15, 0.2) is 66.2 Å². The van der Waals surface area contributed by atoms with Crippen molar-refractivity contribution >= 4 is 46.4 Å². The van der Waals surface area contributed by atoms with E-state index in [9.17, 15) is 4.79 Å². The number of likely N-dealkylation sites (N-methyl/N-ethyl adjacent to an activating group) is 1. The number of anilines is 1.